The van der Waals surface area contributed by atoms with Crippen molar-refractivity contribution >= 4 is 17.3 Å². The van der Waals surface area contributed by atoms with Crippen LogP contribution in [0.25, 0.3) is 0 Å². The maximum Gasteiger partial charge on any atom is 0.191 e. The Kier molecular flexibility index (Phi) is 8.49. The summed E-state index contributed by atoms with van der Waals surface area (Å²) in [6.45, 7) is 7.38. The van der Waals surface area contributed by atoms with Crippen LogP contribution < -0.4 is 10.6 Å². The number of benzene rings is 1. The molecule has 4 nitrogen and oxygen atoms in total. The van der Waals surface area contributed by atoms with Gasteiger partial charge in [0.25, 0.3) is 0 Å². The molecule has 0 saturated heterocycles. The summed E-state index contributed by atoms with van der Waals surface area (Å²) in [5.41, 5.74) is 2.39. The second kappa shape index (κ2) is 10.9. The van der Waals surface area contributed by atoms with Gasteiger partial charge in [0.1, 0.15) is 0 Å². The predicted molar refractivity (Wildman–Crippen MR) is 107 cm³/mol. The molecule has 5 heteroatoms. The Morgan fingerprint density at radius 1 is 1.16 bits per heavy atom. The van der Waals surface area contributed by atoms with E-state index in [0.717, 1.165) is 25.5 Å². The lowest BCUT2D eigenvalue weighted by atomic mass is 10.1. The molecule has 1 heterocycles. The van der Waals surface area contributed by atoms with Gasteiger partial charge in [0, 0.05) is 25.1 Å². The third-order valence-electron chi connectivity index (χ3n) is 3.92. The van der Waals surface area contributed by atoms with Gasteiger partial charge in [0.05, 0.1) is 13.2 Å². The Morgan fingerprint density at radius 2 is 1.96 bits per heavy atom. The van der Waals surface area contributed by atoms with Crippen LogP contribution >= 0.6 is 11.3 Å². The number of ether oxygens (including phenoxy) is 1. The first-order valence-electron chi connectivity index (χ1n) is 8.83. The summed E-state index contributed by atoms with van der Waals surface area (Å²) in [4.78, 5) is 6.17. The van der Waals surface area contributed by atoms with E-state index in [1.54, 1.807) is 7.11 Å². The first-order valence-corrected chi connectivity index (χ1v) is 9.71. The SMILES string of the molecule is CCNC(=NCc1ccccc1COC)NCC(C)Cc1cccs1. The van der Waals surface area contributed by atoms with E-state index >= 15 is 0 Å². The minimum Gasteiger partial charge on any atom is -0.380 e. The van der Waals surface area contributed by atoms with Crippen molar-refractivity contribution in [3.05, 3.63) is 57.8 Å². The fourth-order valence-electron chi connectivity index (χ4n) is 2.63. The normalized spacial score (nSPS) is 12.8. The van der Waals surface area contributed by atoms with E-state index in [1.807, 2.05) is 23.5 Å². The average molecular weight is 360 g/mol. The van der Waals surface area contributed by atoms with Crippen molar-refractivity contribution in [3.63, 3.8) is 0 Å². The summed E-state index contributed by atoms with van der Waals surface area (Å²) in [5.74, 6) is 1.43. The Morgan fingerprint density at radius 3 is 2.64 bits per heavy atom. The van der Waals surface area contributed by atoms with Gasteiger partial charge in [-0.15, -0.1) is 11.3 Å². The van der Waals surface area contributed by atoms with Gasteiger partial charge in [-0.1, -0.05) is 37.3 Å². The summed E-state index contributed by atoms with van der Waals surface area (Å²) in [6.07, 6.45) is 1.10. The molecule has 2 N–H and O–H groups in total. The summed E-state index contributed by atoms with van der Waals surface area (Å²) in [6, 6.07) is 12.6. The van der Waals surface area contributed by atoms with Crippen LogP contribution in [0.5, 0.6) is 0 Å². The van der Waals surface area contributed by atoms with Crippen LogP contribution in [0, 0.1) is 5.92 Å². The van der Waals surface area contributed by atoms with Crippen LogP contribution in [0.2, 0.25) is 0 Å². The molecule has 0 aliphatic heterocycles. The van der Waals surface area contributed by atoms with Gasteiger partial charge in [-0.3, -0.25) is 0 Å². The summed E-state index contributed by atoms with van der Waals surface area (Å²) in [5, 5.41) is 8.93. The number of nitrogens with zero attached hydrogens (tertiary/aromatic N) is 1. The molecule has 0 spiro atoms. The zero-order valence-corrected chi connectivity index (χ0v) is 16.2. The van der Waals surface area contributed by atoms with Gasteiger partial charge in [0.2, 0.25) is 0 Å². The van der Waals surface area contributed by atoms with Crippen molar-refractivity contribution in [2.45, 2.75) is 33.4 Å². The van der Waals surface area contributed by atoms with E-state index in [2.05, 4.69) is 54.1 Å². The van der Waals surface area contributed by atoms with Gasteiger partial charge in [0.15, 0.2) is 5.96 Å². The lowest BCUT2D eigenvalue weighted by Gasteiger charge is -2.16. The molecular formula is C20H29N3OS. The first-order chi connectivity index (χ1) is 12.2. The predicted octanol–water partition coefficient (Wildman–Crippen LogP) is 3.83. The van der Waals surface area contributed by atoms with Crippen molar-refractivity contribution in [1.29, 1.82) is 0 Å². The van der Waals surface area contributed by atoms with Crippen LogP contribution in [0.4, 0.5) is 0 Å². The Bertz CT molecular complexity index is 640. The molecule has 0 fully saturated rings. The fraction of sp³-hybridized carbons (Fsp3) is 0.450. The number of rotatable bonds is 9. The number of hydrogen-bond donors (Lipinski definition) is 2. The third kappa shape index (κ3) is 6.88. The summed E-state index contributed by atoms with van der Waals surface area (Å²) in [7, 11) is 1.72. The topological polar surface area (TPSA) is 45.7 Å². The maximum absolute atomic E-state index is 5.27. The highest BCUT2D eigenvalue weighted by Crippen LogP contribution is 2.14. The highest BCUT2D eigenvalue weighted by Gasteiger charge is 2.07. The molecule has 0 amide bonds. The number of methoxy groups -OCH3 is 1. The average Bonchev–Trinajstić information content (AvgIpc) is 3.11. The molecule has 2 rings (SSSR count). The lowest BCUT2D eigenvalue weighted by Crippen LogP contribution is -2.39. The third-order valence-corrected chi connectivity index (χ3v) is 4.82. The zero-order chi connectivity index (χ0) is 17.9. The Labute approximate surface area is 155 Å². The van der Waals surface area contributed by atoms with Gasteiger partial charge < -0.3 is 15.4 Å². The second-order valence-electron chi connectivity index (χ2n) is 6.17. The number of aliphatic imine (C=N–C) groups is 1. The highest BCUT2D eigenvalue weighted by atomic mass is 32.1. The first kappa shape index (κ1) is 19.5. The van der Waals surface area contributed by atoms with Crippen molar-refractivity contribution in [2.24, 2.45) is 10.9 Å². The zero-order valence-electron chi connectivity index (χ0n) is 15.4. The van der Waals surface area contributed by atoms with Crippen LogP contribution in [-0.2, 0) is 24.3 Å². The van der Waals surface area contributed by atoms with E-state index in [4.69, 9.17) is 9.73 Å². The molecular weight excluding hydrogens is 330 g/mol. The van der Waals surface area contributed by atoms with Crippen molar-refractivity contribution in [2.75, 3.05) is 20.2 Å². The van der Waals surface area contributed by atoms with Crippen LogP contribution in [0.3, 0.4) is 0 Å². The van der Waals surface area contributed by atoms with Gasteiger partial charge in [-0.05, 0) is 41.8 Å². The molecule has 0 aliphatic rings. The molecule has 0 saturated carbocycles. The monoisotopic (exact) mass is 359 g/mol. The molecule has 0 bridgehead atoms. The summed E-state index contributed by atoms with van der Waals surface area (Å²) >= 11 is 1.82. The standard InChI is InChI=1S/C20H29N3OS/c1-4-21-20(22-13-16(2)12-19-10-7-11-25-19)23-14-17-8-5-6-9-18(17)15-24-3/h5-11,16H,4,12-15H2,1-3H3,(H2,21,22,23). The van der Waals surface area contributed by atoms with Crippen LogP contribution in [0.15, 0.2) is 46.8 Å². The van der Waals surface area contributed by atoms with Gasteiger partial charge in [-0.25, -0.2) is 4.99 Å². The molecule has 1 aromatic carbocycles. The molecule has 2 aromatic rings. The molecule has 0 radical (unpaired) electrons. The molecule has 1 unspecified atom stereocenters. The smallest absolute Gasteiger partial charge is 0.191 e. The summed E-state index contributed by atoms with van der Waals surface area (Å²) < 4.78 is 5.27. The van der Waals surface area contributed by atoms with Gasteiger partial charge >= 0.3 is 0 Å². The highest BCUT2D eigenvalue weighted by molar-refractivity contribution is 7.09. The fourth-order valence-corrected chi connectivity index (χ4v) is 3.50. The largest absolute Gasteiger partial charge is 0.380 e. The van der Waals surface area contributed by atoms with Crippen molar-refractivity contribution in [1.82, 2.24) is 10.6 Å². The maximum atomic E-state index is 5.27. The number of thiophene rings is 1. The number of nitrogens with one attached hydrogen (secondary N) is 2. The molecule has 1 atom stereocenters. The van der Waals surface area contributed by atoms with E-state index < -0.39 is 0 Å². The molecule has 1 aromatic heterocycles. The molecule has 0 aliphatic carbocycles. The Balaban J connectivity index is 1.91. The molecule has 25 heavy (non-hydrogen) atoms. The number of guanidine groups is 1. The van der Waals surface area contributed by atoms with E-state index in [-0.39, 0.29) is 0 Å². The minimum atomic E-state index is 0.559. The van der Waals surface area contributed by atoms with Crippen LogP contribution in [-0.4, -0.2) is 26.2 Å². The lowest BCUT2D eigenvalue weighted by molar-refractivity contribution is 0.184. The van der Waals surface area contributed by atoms with Crippen LogP contribution in [0.1, 0.15) is 29.9 Å². The van der Waals surface area contributed by atoms with Crippen molar-refractivity contribution < 1.29 is 4.74 Å². The van der Waals surface area contributed by atoms with E-state index in [0.29, 0.717) is 19.1 Å². The van der Waals surface area contributed by atoms with E-state index in [9.17, 15) is 0 Å². The second-order valence-corrected chi connectivity index (χ2v) is 7.20. The van der Waals surface area contributed by atoms with E-state index in [1.165, 1.54) is 16.0 Å². The minimum absolute atomic E-state index is 0.559. The number of hydrogen-bond acceptors (Lipinski definition) is 3. The van der Waals surface area contributed by atoms with Gasteiger partial charge in [-0.2, -0.15) is 0 Å². The van der Waals surface area contributed by atoms with Crippen molar-refractivity contribution in [3.8, 4) is 0 Å². The molecule has 136 valence electrons. The Hall–Kier alpha value is -1.85. The quantitative estimate of drug-likeness (QED) is 0.528.